The Bertz CT molecular complexity index is 3400. The standard InChI is InChI=1S/C50H29N5/c51-30-33-12-10-23-45-48(33)39-16-3-8-22-44(39)55(45)50-34(31-52)13-9-18-36(50)32-26-28-35(29-27-32)53-43-21-7-4-17-40(43)49-46(53)24-11-25-47(49)54-41-19-5-1-14-37(41)38-15-2-6-20-42(38)54/h1-29H. The molecule has 11 aromatic rings. The molecule has 5 nitrogen and oxygen atoms in total. The average Bonchev–Trinajstić information content (AvgIpc) is 3.89. The number of fused-ring (bicyclic) bond motifs is 9. The van der Waals surface area contributed by atoms with Crippen molar-refractivity contribution in [1.82, 2.24) is 13.7 Å². The minimum absolute atomic E-state index is 0.562. The molecule has 0 fully saturated rings. The van der Waals surface area contributed by atoms with Crippen molar-refractivity contribution in [3.63, 3.8) is 0 Å². The summed E-state index contributed by atoms with van der Waals surface area (Å²) in [6.07, 6.45) is 0. The van der Waals surface area contributed by atoms with Crippen LogP contribution in [0.5, 0.6) is 0 Å². The van der Waals surface area contributed by atoms with Gasteiger partial charge in [-0.15, -0.1) is 0 Å². The van der Waals surface area contributed by atoms with E-state index >= 15 is 0 Å². The van der Waals surface area contributed by atoms with Gasteiger partial charge in [0.25, 0.3) is 0 Å². The maximum Gasteiger partial charge on any atom is 0.101 e. The number of hydrogen-bond donors (Lipinski definition) is 0. The van der Waals surface area contributed by atoms with Gasteiger partial charge in [0, 0.05) is 43.6 Å². The molecule has 0 saturated heterocycles. The number of nitriles is 2. The Labute approximate surface area is 316 Å². The van der Waals surface area contributed by atoms with E-state index in [1.165, 1.54) is 32.6 Å². The summed E-state index contributed by atoms with van der Waals surface area (Å²) in [5, 5.41) is 27.3. The van der Waals surface area contributed by atoms with Crippen molar-refractivity contribution in [2.24, 2.45) is 0 Å². The monoisotopic (exact) mass is 699 g/mol. The van der Waals surface area contributed by atoms with E-state index < -0.39 is 0 Å². The minimum atomic E-state index is 0.562. The molecule has 0 atom stereocenters. The highest BCUT2D eigenvalue weighted by molar-refractivity contribution is 6.17. The maximum absolute atomic E-state index is 10.5. The molecule has 0 aliphatic carbocycles. The average molecular weight is 700 g/mol. The van der Waals surface area contributed by atoms with E-state index in [9.17, 15) is 10.5 Å². The van der Waals surface area contributed by atoms with Gasteiger partial charge in [0.15, 0.2) is 0 Å². The smallest absolute Gasteiger partial charge is 0.101 e. The summed E-state index contributed by atoms with van der Waals surface area (Å²) >= 11 is 0. The Morgan fingerprint density at radius 2 is 0.818 bits per heavy atom. The molecule has 0 bridgehead atoms. The zero-order valence-electron chi connectivity index (χ0n) is 29.5. The first-order valence-electron chi connectivity index (χ1n) is 18.3. The maximum atomic E-state index is 10.5. The van der Waals surface area contributed by atoms with Gasteiger partial charge in [0.05, 0.1) is 61.7 Å². The summed E-state index contributed by atoms with van der Waals surface area (Å²) in [6, 6.07) is 65.9. The molecule has 3 heterocycles. The van der Waals surface area contributed by atoms with E-state index in [2.05, 4.69) is 159 Å². The van der Waals surface area contributed by atoms with Gasteiger partial charge in [-0.3, -0.25) is 0 Å². The van der Waals surface area contributed by atoms with Crippen molar-refractivity contribution in [3.05, 3.63) is 187 Å². The number of hydrogen-bond acceptors (Lipinski definition) is 2. The lowest BCUT2D eigenvalue weighted by Gasteiger charge is -2.16. The molecule has 0 N–H and O–H groups in total. The van der Waals surface area contributed by atoms with E-state index in [1.807, 2.05) is 42.5 Å². The number of rotatable bonds is 4. The largest absolute Gasteiger partial charge is 0.309 e. The summed E-state index contributed by atoms with van der Waals surface area (Å²) < 4.78 is 6.91. The zero-order valence-corrected chi connectivity index (χ0v) is 29.5. The second-order valence-electron chi connectivity index (χ2n) is 13.9. The molecule has 0 aliphatic rings. The predicted octanol–water partition coefficient (Wildman–Crippen LogP) is 12.4. The first kappa shape index (κ1) is 30.7. The van der Waals surface area contributed by atoms with Crippen LogP contribution in [0.3, 0.4) is 0 Å². The first-order chi connectivity index (χ1) is 27.2. The number of para-hydroxylation sites is 5. The third kappa shape index (κ3) is 4.33. The van der Waals surface area contributed by atoms with Gasteiger partial charge in [0.1, 0.15) is 6.07 Å². The van der Waals surface area contributed by atoms with E-state index in [4.69, 9.17) is 0 Å². The second-order valence-corrected chi connectivity index (χ2v) is 13.9. The molecule has 5 heteroatoms. The quantitative estimate of drug-likeness (QED) is 0.184. The van der Waals surface area contributed by atoms with Crippen LogP contribution in [0.2, 0.25) is 0 Å². The van der Waals surface area contributed by atoms with Crippen LogP contribution in [0.25, 0.3) is 93.6 Å². The van der Waals surface area contributed by atoms with E-state index in [0.717, 1.165) is 61.0 Å². The Kier molecular flexibility index (Phi) is 6.61. The molecule has 0 spiro atoms. The zero-order chi connectivity index (χ0) is 36.6. The highest BCUT2D eigenvalue weighted by Gasteiger charge is 2.22. The van der Waals surface area contributed by atoms with Crippen molar-refractivity contribution in [2.75, 3.05) is 0 Å². The molecule has 0 radical (unpaired) electrons. The van der Waals surface area contributed by atoms with E-state index in [-0.39, 0.29) is 0 Å². The molecule has 254 valence electrons. The topological polar surface area (TPSA) is 62.4 Å². The highest BCUT2D eigenvalue weighted by Crippen LogP contribution is 2.42. The van der Waals surface area contributed by atoms with Gasteiger partial charge in [-0.2, -0.15) is 10.5 Å². The van der Waals surface area contributed by atoms with Crippen molar-refractivity contribution < 1.29 is 0 Å². The number of aromatic nitrogens is 3. The molecule has 0 unspecified atom stereocenters. The summed E-state index contributed by atoms with van der Waals surface area (Å²) in [6.45, 7) is 0. The summed E-state index contributed by atoms with van der Waals surface area (Å²) in [5.74, 6) is 0. The van der Waals surface area contributed by atoms with Gasteiger partial charge in [-0.25, -0.2) is 0 Å². The minimum Gasteiger partial charge on any atom is -0.309 e. The third-order valence-corrected chi connectivity index (χ3v) is 11.1. The molecule has 0 aliphatic heterocycles. The number of benzene rings is 8. The van der Waals surface area contributed by atoms with Gasteiger partial charge in [-0.1, -0.05) is 109 Å². The fraction of sp³-hybridized carbons (Fsp3) is 0. The normalized spacial score (nSPS) is 11.6. The SMILES string of the molecule is N#Cc1cccc(-c2ccc(-n3c4ccccc4c4c(-n5c6ccccc6c6ccccc65)cccc43)cc2)c1-n1c2ccccc2c2c(C#N)cccc21. The second kappa shape index (κ2) is 11.8. The van der Waals surface area contributed by atoms with Crippen LogP contribution < -0.4 is 0 Å². The summed E-state index contributed by atoms with van der Waals surface area (Å²) in [5.41, 5.74) is 12.5. The van der Waals surface area contributed by atoms with Gasteiger partial charge in [0.2, 0.25) is 0 Å². The Morgan fingerprint density at radius 1 is 0.345 bits per heavy atom. The molecular weight excluding hydrogens is 671 g/mol. The van der Waals surface area contributed by atoms with E-state index in [1.54, 1.807) is 0 Å². The van der Waals surface area contributed by atoms with Crippen molar-refractivity contribution in [3.8, 4) is 40.3 Å². The fourth-order valence-corrected chi connectivity index (χ4v) is 8.90. The van der Waals surface area contributed by atoms with Crippen LogP contribution in [0.1, 0.15) is 11.1 Å². The van der Waals surface area contributed by atoms with Crippen LogP contribution in [0.4, 0.5) is 0 Å². The lowest BCUT2D eigenvalue weighted by Crippen LogP contribution is -2.01. The first-order valence-corrected chi connectivity index (χ1v) is 18.3. The summed E-state index contributed by atoms with van der Waals surface area (Å²) in [7, 11) is 0. The molecule has 11 rings (SSSR count). The van der Waals surface area contributed by atoms with Crippen molar-refractivity contribution >= 4 is 65.4 Å². The molecular formula is C50H29N5. The van der Waals surface area contributed by atoms with Crippen LogP contribution in [-0.2, 0) is 0 Å². The highest BCUT2D eigenvalue weighted by atomic mass is 15.0. The number of nitrogens with zero attached hydrogens (tertiary/aromatic N) is 5. The van der Waals surface area contributed by atoms with Crippen molar-refractivity contribution in [1.29, 1.82) is 10.5 Å². The van der Waals surface area contributed by atoms with E-state index in [0.29, 0.717) is 11.1 Å². The molecule has 0 saturated carbocycles. The lowest BCUT2D eigenvalue weighted by atomic mass is 9.99. The third-order valence-electron chi connectivity index (χ3n) is 11.1. The van der Waals surface area contributed by atoms with Crippen molar-refractivity contribution in [2.45, 2.75) is 0 Å². The Balaban J connectivity index is 1.12. The Hall–Kier alpha value is -7.86. The molecule has 55 heavy (non-hydrogen) atoms. The predicted molar refractivity (Wildman–Crippen MR) is 224 cm³/mol. The lowest BCUT2D eigenvalue weighted by molar-refractivity contribution is 1.16. The van der Waals surface area contributed by atoms with Crippen LogP contribution in [-0.4, -0.2) is 13.7 Å². The van der Waals surface area contributed by atoms with Gasteiger partial charge in [-0.05, 0) is 72.3 Å². The summed E-state index contributed by atoms with van der Waals surface area (Å²) in [4.78, 5) is 0. The van der Waals surface area contributed by atoms with Crippen LogP contribution >= 0.6 is 0 Å². The van der Waals surface area contributed by atoms with Crippen LogP contribution in [0.15, 0.2) is 176 Å². The fourth-order valence-electron chi connectivity index (χ4n) is 8.90. The molecule has 0 amide bonds. The Morgan fingerprint density at radius 3 is 1.45 bits per heavy atom. The van der Waals surface area contributed by atoms with Gasteiger partial charge < -0.3 is 13.7 Å². The van der Waals surface area contributed by atoms with Gasteiger partial charge >= 0.3 is 0 Å². The molecule has 3 aromatic heterocycles. The molecule has 8 aromatic carbocycles. The van der Waals surface area contributed by atoms with Crippen LogP contribution in [0, 0.1) is 22.7 Å².